The van der Waals surface area contributed by atoms with E-state index in [2.05, 4.69) is 53.8 Å². The maximum Gasteiger partial charge on any atom is 0.255 e. The zero-order valence-corrected chi connectivity index (χ0v) is 21.6. The number of hydrogen-bond donors (Lipinski definition) is 1. The number of rotatable bonds is 8. The molecule has 5 heteroatoms. The van der Waals surface area contributed by atoms with Crippen LogP contribution in [0, 0.1) is 0 Å². The average molecular weight is 520 g/mol. The fraction of sp³-hybridized carbons (Fsp3) is 0.0606. The minimum Gasteiger partial charge on any atom is -0.497 e. The predicted octanol–water partition coefficient (Wildman–Crippen LogP) is 8.51. The summed E-state index contributed by atoms with van der Waals surface area (Å²) in [6.07, 6.45) is 0. The summed E-state index contributed by atoms with van der Waals surface area (Å²) in [6.45, 7) is 0.429. The highest BCUT2D eigenvalue weighted by Gasteiger charge is 2.07. The SMILES string of the molecule is COc1ccc(-c2ccc(-c3ccc(OCc4ccc(NC(=O)c5cccc(Cl)c5)cc4)cc3)cc2)cc1. The molecule has 0 heterocycles. The van der Waals surface area contributed by atoms with Crippen molar-refractivity contribution in [3.63, 3.8) is 0 Å². The second-order valence-corrected chi connectivity index (χ2v) is 9.22. The van der Waals surface area contributed by atoms with Crippen molar-refractivity contribution >= 4 is 23.2 Å². The highest BCUT2D eigenvalue weighted by Crippen LogP contribution is 2.27. The van der Waals surface area contributed by atoms with Crippen LogP contribution in [0.3, 0.4) is 0 Å². The van der Waals surface area contributed by atoms with E-state index in [-0.39, 0.29) is 5.91 Å². The van der Waals surface area contributed by atoms with Crippen molar-refractivity contribution in [1.29, 1.82) is 0 Å². The number of hydrogen-bond acceptors (Lipinski definition) is 3. The van der Waals surface area contributed by atoms with Gasteiger partial charge in [0.15, 0.2) is 0 Å². The Morgan fingerprint density at radius 2 is 1.21 bits per heavy atom. The lowest BCUT2D eigenvalue weighted by Gasteiger charge is -2.10. The van der Waals surface area contributed by atoms with Crippen LogP contribution in [-0.2, 0) is 6.61 Å². The Hall–Kier alpha value is -4.54. The Kier molecular flexibility index (Phi) is 7.72. The first-order chi connectivity index (χ1) is 18.6. The Bertz CT molecular complexity index is 1510. The Labute approximate surface area is 227 Å². The highest BCUT2D eigenvalue weighted by atomic mass is 35.5. The van der Waals surface area contributed by atoms with Crippen molar-refractivity contribution in [3.8, 4) is 33.8 Å². The van der Waals surface area contributed by atoms with Crippen LogP contribution in [0.2, 0.25) is 5.02 Å². The van der Waals surface area contributed by atoms with Crippen LogP contribution in [0.15, 0.2) is 121 Å². The van der Waals surface area contributed by atoms with Gasteiger partial charge in [-0.2, -0.15) is 0 Å². The molecule has 0 saturated carbocycles. The van der Waals surface area contributed by atoms with Gasteiger partial charge in [0.25, 0.3) is 5.91 Å². The molecule has 1 amide bonds. The summed E-state index contributed by atoms with van der Waals surface area (Å²) in [6, 6.07) is 39.1. The molecule has 0 radical (unpaired) electrons. The molecule has 0 saturated heterocycles. The van der Waals surface area contributed by atoms with Crippen molar-refractivity contribution in [3.05, 3.63) is 137 Å². The van der Waals surface area contributed by atoms with Gasteiger partial charge in [-0.1, -0.05) is 78.3 Å². The molecule has 5 rings (SSSR count). The van der Waals surface area contributed by atoms with Gasteiger partial charge in [-0.25, -0.2) is 0 Å². The molecular weight excluding hydrogens is 494 g/mol. The van der Waals surface area contributed by atoms with Crippen molar-refractivity contribution in [2.75, 3.05) is 12.4 Å². The van der Waals surface area contributed by atoms with E-state index < -0.39 is 0 Å². The van der Waals surface area contributed by atoms with Crippen LogP contribution >= 0.6 is 11.6 Å². The lowest BCUT2D eigenvalue weighted by Crippen LogP contribution is -2.11. The Balaban J connectivity index is 1.15. The van der Waals surface area contributed by atoms with E-state index in [1.165, 1.54) is 0 Å². The van der Waals surface area contributed by atoms with E-state index in [1.54, 1.807) is 31.4 Å². The number of benzene rings is 5. The smallest absolute Gasteiger partial charge is 0.255 e. The summed E-state index contributed by atoms with van der Waals surface area (Å²) in [4.78, 5) is 12.4. The van der Waals surface area contributed by atoms with Gasteiger partial charge in [0.2, 0.25) is 0 Å². The standard InChI is InChI=1S/C33H26ClNO3/c1-37-31-17-11-26(12-18-31)24-7-9-25(10-8-24)27-13-19-32(20-14-27)38-22-23-5-15-30(16-6-23)35-33(36)28-3-2-4-29(34)21-28/h2-21H,22H2,1H3,(H,35,36). The van der Waals surface area contributed by atoms with E-state index >= 15 is 0 Å². The van der Waals surface area contributed by atoms with Crippen molar-refractivity contribution in [1.82, 2.24) is 0 Å². The van der Waals surface area contributed by atoms with Crippen LogP contribution in [0.1, 0.15) is 15.9 Å². The maximum absolute atomic E-state index is 12.4. The molecule has 1 N–H and O–H groups in total. The van der Waals surface area contributed by atoms with Gasteiger partial charge >= 0.3 is 0 Å². The highest BCUT2D eigenvalue weighted by molar-refractivity contribution is 6.31. The van der Waals surface area contributed by atoms with Gasteiger partial charge in [0.1, 0.15) is 18.1 Å². The van der Waals surface area contributed by atoms with Gasteiger partial charge in [-0.05, 0) is 82.4 Å². The third-order valence-corrected chi connectivity index (χ3v) is 6.44. The summed E-state index contributed by atoms with van der Waals surface area (Å²) in [5.74, 6) is 1.44. The minimum absolute atomic E-state index is 0.202. The van der Waals surface area contributed by atoms with Gasteiger partial charge in [-0.3, -0.25) is 4.79 Å². The fourth-order valence-corrected chi connectivity index (χ4v) is 4.26. The number of ether oxygens (including phenoxy) is 2. The molecule has 0 aliphatic carbocycles. The van der Waals surface area contributed by atoms with E-state index in [0.717, 1.165) is 39.3 Å². The predicted molar refractivity (Wildman–Crippen MR) is 154 cm³/mol. The number of halogens is 1. The van der Waals surface area contributed by atoms with Crippen molar-refractivity contribution in [2.24, 2.45) is 0 Å². The normalized spacial score (nSPS) is 10.6. The van der Waals surface area contributed by atoms with Gasteiger partial charge in [-0.15, -0.1) is 0 Å². The molecule has 0 aliphatic rings. The molecule has 0 aromatic heterocycles. The van der Waals surface area contributed by atoms with E-state index in [1.807, 2.05) is 48.5 Å². The molecule has 0 aliphatic heterocycles. The lowest BCUT2D eigenvalue weighted by molar-refractivity contribution is 0.102. The van der Waals surface area contributed by atoms with E-state index in [0.29, 0.717) is 22.9 Å². The Morgan fingerprint density at radius 1 is 0.684 bits per heavy atom. The Morgan fingerprint density at radius 3 is 1.74 bits per heavy atom. The number of nitrogens with one attached hydrogen (secondary N) is 1. The summed E-state index contributed by atoms with van der Waals surface area (Å²) in [5, 5.41) is 3.41. The molecule has 0 unspecified atom stereocenters. The van der Waals surface area contributed by atoms with E-state index in [4.69, 9.17) is 21.1 Å². The topological polar surface area (TPSA) is 47.6 Å². The molecule has 188 valence electrons. The van der Waals surface area contributed by atoms with Crippen molar-refractivity contribution < 1.29 is 14.3 Å². The number of methoxy groups -OCH3 is 1. The molecule has 4 nitrogen and oxygen atoms in total. The van der Waals surface area contributed by atoms with Crippen LogP contribution < -0.4 is 14.8 Å². The van der Waals surface area contributed by atoms with Gasteiger partial charge in [0.05, 0.1) is 7.11 Å². The maximum atomic E-state index is 12.4. The quantitative estimate of drug-likeness (QED) is 0.223. The average Bonchev–Trinajstić information content (AvgIpc) is 2.97. The summed E-state index contributed by atoms with van der Waals surface area (Å²) in [5.41, 5.74) is 6.80. The van der Waals surface area contributed by atoms with Crippen LogP contribution in [0.4, 0.5) is 5.69 Å². The van der Waals surface area contributed by atoms with E-state index in [9.17, 15) is 4.79 Å². The summed E-state index contributed by atoms with van der Waals surface area (Å²) >= 11 is 5.98. The largest absolute Gasteiger partial charge is 0.497 e. The third kappa shape index (κ3) is 6.23. The monoisotopic (exact) mass is 519 g/mol. The molecule has 0 fully saturated rings. The van der Waals surface area contributed by atoms with Crippen LogP contribution in [-0.4, -0.2) is 13.0 Å². The summed E-state index contributed by atoms with van der Waals surface area (Å²) < 4.78 is 11.2. The molecule has 0 bridgehead atoms. The second-order valence-electron chi connectivity index (χ2n) is 8.78. The van der Waals surface area contributed by atoms with Gasteiger partial charge in [0, 0.05) is 16.3 Å². The number of anilines is 1. The first-order valence-electron chi connectivity index (χ1n) is 12.2. The zero-order chi connectivity index (χ0) is 26.3. The third-order valence-electron chi connectivity index (χ3n) is 6.20. The van der Waals surface area contributed by atoms with Gasteiger partial charge < -0.3 is 14.8 Å². The van der Waals surface area contributed by atoms with Crippen molar-refractivity contribution in [2.45, 2.75) is 6.61 Å². The molecular formula is C33H26ClNO3. The molecule has 38 heavy (non-hydrogen) atoms. The second kappa shape index (κ2) is 11.7. The number of amides is 1. The molecule has 0 atom stereocenters. The summed E-state index contributed by atoms with van der Waals surface area (Å²) in [7, 11) is 1.67. The lowest BCUT2D eigenvalue weighted by atomic mass is 10.0. The first-order valence-corrected chi connectivity index (χ1v) is 12.6. The number of carbonyl (C=O) groups excluding carboxylic acids is 1. The minimum atomic E-state index is -0.202. The fourth-order valence-electron chi connectivity index (χ4n) is 4.07. The zero-order valence-electron chi connectivity index (χ0n) is 20.9. The molecule has 0 spiro atoms. The van der Waals surface area contributed by atoms with Crippen LogP contribution in [0.5, 0.6) is 11.5 Å². The first kappa shape index (κ1) is 25.1. The molecule has 5 aromatic rings. The van der Waals surface area contributed by atoms with Crippen LogP contribution in [0.25, 0.3) is 22.3 Å². The molecule has 5 aromatic carbocycles. The number of carbonyl (C=O) groups is 1.